The standard InChI is InChI=1S/C19H22Cl2N4O4/c1-10(2)22-19(28)23-17(26)12(4)29-18(27)15-11(3)24-25(16(15)21)9-13-7-5-6-8-14(13)20/h5-8,10,12H,9H2,1-4H3,(H2,22,23,26,28)/t12-/m0/s1. The van der Waals surface area contributed by atoms with Gasteiger partial charge in [0.25, 0.3) is 5.91 Å². The fourth-order valence-corrected chi connectivity index (χ4v) is 2.97. The van der Waals surface area contributed by atoms with E-state index in [-0.39, 0.29) is 23.3 Å². The van der Waals surface area contributed by atoms with Crippen molar-refractivity contribution >= 4 is 41.1 Å². The minimum atomic E-state index is -1.21. The number of ether oxygens (including phenoxy) is 1. The van der Waals surface area contributed by atoms with Crippen molar-refractivity contribution in [2.45, 2.75) is 46.4 Å². The topological polar surface area (TPSA) is 102 Å². The van der Waals surface area contributed by atoms with E-state index in [1.54, 1.807) is 32.9 Å². The molecule has 0 saturated heterocycles. The molecule has 1 aromatic heterocycles. The molecule has 0 aliphatic carbocycles. The van der Waals surface area contributed by atoms with Gasteiger partial charge in [-0.1, -0.05) is 41.4 Å². The van der Waals surface area contributed by atoms with E-state index in [2.05, 4.69) is 15.7 Å². The Kier molecular flexibility index (Phi) is 7.64. The highest BCUT2D eigenvalue weighted by Crippen LogP contribution is 2.24. The third-order valence-corrected chi connectivity index (χ3v) is 4.61. The van der Waals surface area contributed by atoms with Crippen LogP contribution in [0.15, 0.2) is 24.3 Å². The molecule has 2 rings (SSSR count). The quantitative estimate of drug-likeness (QED) is 0.670. The smallest absolute Gasteiger partial charge is 0.343 e. The molecular weight excluding hydrogens is 419 g/mol. The maximum atomic E-state index is 12.5. The van der Waals surface area contributed by atoms with E-state index in [0.29, 0.717) is 10.7 Å². The van der Waals surface area contributed by atoms with Gasteiger partial charge in [-0.05, 0) is 39.3 Å². The Morgan fingerprint density at radius 1 is 1.17 bits per heavy atom. The van der Waals surface area contributed by atoms with Crippen molar-refractivity contribution in [3.63, 3.8) is 0 Å². The summed E-state index contributed by atoms with van der Waals surface area (Å²) < 4.78 is 6.58. The summed E-state index contributed by atoms with van der Waals surface area (Å²) in [7, 11) is 0. The van der Waals surface area contributed by atoms with Crippen LogP contribution >= 0.6 is 23.2 Å². The first-order valence-electron chi connectivity index (χ1n) is 8.88. The average Bonchev–Trinajstić information content (AvgIpc) is 2.89. The van der Waals surface area contributed by atoms with Crippen LogP contribution in [0.3, 0.4) is 0 Å². The number of urea groups is 1. The van der Waals surface area contributed by atoms with E-state index in [0.717, 1.165) is 5.56 Å². The van der Waals surface area contributed by atoms with Crippen molar-refractivity contribution in [1.29, 1.82) is 0 Å². The van der Waals surface area contributed by atoms with E-state index < -0.39 is 24.0 Å². The van der Waals surface area contributed by atoms with Crippen LogP contribution in [0.1, 0.15) is 42.4 Å². The second kappa shape index (κ2) is 9.76. The van der Waals surface area contributed by atoms with E-state index in [1.807, 2.05) is 12.1 Å². The molecule has 8 nitrogen and oxygen atoms in total. The SMILES string of the molecule is Cc1nn(Cc2ccccc2Cl)c(Cl)c1C(=O)O[C@@H](C)C(=O)NC(=O)NC(C)C. The van der Waals surface area contributed by atoms with Gasteiger partial charge < -0.3 is 10.1 Å². The van der Waals surface area contributed by atoms with Crippen LogP contribution in [-0.2, 0) is 16.1 Å². The molecule has 0 bridgehead atoms. The highest BCUT2D eigenvalue weighted by atomic mass is 35.5. The van der Waals surface area contributed by atoms with Crippen molar-refractivity contribution in [3.8, 4) is 0 Å². The number of halogens is 2. The lowest BCUT2D eigenvalue weighted by molar-refractivity contribution is -0.127. The predicted molar refractivity (Wildman–Crippen MR) is 109 cm³/mol. The second-order valence-corrected chi connectivity index (χ2v) is 7.43. The van der Waals surface area contributed by atoms with E-state index in [4.69, 9.17) is 27.9 Å². The number of benzene rings is 1. The maximum absolute atomic E-state index is 12.5. The first kappa shape index (κ1) is 22.7. The lowest BCUT2D eigenvalue weighted by Gasteiger charge is -2.14. The van der Waals surface area contributed by atoms with Gasteiger partial charge in [-0.3, -0.25) is 10.1 Å². The summed E-state index contributed by atoms with van der Waals surface area (Å²) in [6, 6.07) is 6.38. The Balaban J connectivity index is 2.09. The number of hydrogen-bond acceptors (Lipinski definition) is 5. The molecule has 1 aromatic carbocycles. The van der Waals surface area contributed by atoms with Crippen LogP contribution in [0.4, 0.5) is 4.79 Å². The van der Waals surface area contributed by atoms with Gasteiger partial charge in [0.15, 0.2) is 6.10 Å². The van der Waals surface area contributed by atoms with Gasteiger partial charge >= 0.3 is 12.0 Å². The van der Waals surface area contributed by atoms with E-state index >= 15 is 0 Å². The molecule has 3 amide bonds. The highest BCUT2D eigenvalue weighted by molar-refractivity contribution is 6.33. The Bertz CT molecular complexity index is 927. The molecule has 0 aliphatic heterocycles. The zero-order chi connectivity index (χ0) is 21.7. The average molecular weight is 441 g/mol. The van der Waals surface area contributed by atoms with Crippen LogP contribution in [0, 0.1) is 6.92 Å². The molecule has 0 fully saturated rings. The molecule has 29 heavy (non-hydrogen) atoms. The van der Waals surface area contributed by atoms with Gasteiger partial charge in [0.1, 0.15) is 10.7 Å². The number of nitrogens with one attached hydrogen (secondary N) is 2. The Morgan fingerprint density at radius 3 is 2.45 bits per heavy atom. The molecule has 1 atom stereocenters. The number of carbonyl (C=O) groups excluding carboxylic acids is 3. The summed E-state index contributed by atoms with van der Waals surface area (Å²) in [6.45, 7) is 6.72. The molecule has 156 valence electrons. The summed E-state index contributed by atoms with van der Waals surface area (Å²) in [6.07, 6.45) is -1.21. The lowest BCUT2D eigenvalue weighted by atomic mass is 10.2. The summed E-state index contributed by atoms with van der Waals surface area (Å²) in [5, 5.41) is 9.49. The van der Waals surface area contributed by atoms with Gasteiger partial charge in [0.2, 0.25) is 0 Å². The molecule has 10 heteroatoms. The normalized spacial score (nSPS) is 11.8. The number of aromatic nitrogens is 2. The second-order valence-electron chi connectivity index (χ2n) is 6.67. The fourth-order valence-electron chi connectivity index (χ4n) is 2.46. The molecule has 1 heterocycles. The number of nitrogens with zero attached hydrogens (tertiary/aromatic N) is 2. The first-order valence-corrected chi connectivity index (χ1v) is 9.64. The fraction of sp³-hybridized carbons (Fsp3) is 0.368. The zero-order valence-electron chi connectivity index (χ0n) is 16.5. The largest absolute Gasteiger partial charge is 0.449 e. The van der Waals surface area contributed by atoms with Gasteiger partial charge in [-0.2, -0.15) is 5.10 Å². The van der Waals surface area contributed by atoms with Crippen molar-refractivity contribution in [2.24, 2.45) is 0 Å². The summed E-state index contributed by atoms with van der Waals surface area (Å²) in [5.74, 6) is -1.57. The first-order chi connectivity index (χ1) is 13.6. The van der Waals surface area contributed by atoms with Crippen molar-refractivity contribution < 1.29 is 19.1 Å². The number of rotatable bonds is 6. The van der Waals surface area contributed by atoms with Gasteiger partial charge in [0, 0.05) is 11.1 Å². The summed E-state index contributed by atoms with van der Waals surface area (Å²) in [4.78, 5) is 36.2. The third-order valence-electron chi connectivity index (χ3n) is 3.86. The molecule has 0 unspecified atom stereocenters. The monoisotopic (exact) mass is 440 g/mol. The Morgan fingerprint density at radius 2 is 1.83 bits per heavy atom. The van der Waals surface area contributed by atoms with Gasteiger partial charge in [-0.25, -0.2) is 14.3 Å². The van der Waals surface area contributed by atoms with E-state index in [9.17, 15) is 14.4 Å². The summed E-state index contributed by atoms with van der Waals surface area (Å²) in [5.41, 5.74) is 1.17. The van der Waals surface area contributed by atoms with Crippen LogP contribution in [-0.4, -0.2) is 39.8 Å². The number of esters is 1. The van der Waals surface area contributed by atoms with Crippen LogP contribution in [0.5, 0.6) is 0 Å². The summed E-state index contributed by atoms with van der Waals surface area (Å²) >= 11 is 12.5. The molecule has 0 spiro atoms. The third kappa shape index (κ3) is 5.95. The number of imide groups is 1. The zero-order valence-corrected chi connectivity index (χ0v) is 18.0. The Labute approximate surface area is 178 Å². The number of aryl methyl sites for hydroxylation is 1. The van der Waals surface area contributed by atoms with Crippen molar-refractivity contribution in [2.75, 3.05) is 0 Å². The molecular formula is C19H22Cl2N4O4. The maximum Gasteiger partial charge on any atom is 0.343 e. The number of amides is 3. The van der Waals surface area contributed by atoms with Crippen LogP contribution in [0.2, 0.25) is 10.2 Å². The van der Waals surface area contributed by atoms with Gasteiger partial charge in [-0.15, -0.1) is 0 Å². The van der Waals surface area contributed by atoms with Crippen molar-refractivity contribution in [1.82, 2.24) is 20.4 Å². The number of hydrogen-bond donors (Lipinski definition) is 2. The molecule has 0 saturated carbocycles. The molecule has 2 aromatic rings. The predicted octanol–water partition coefficient (Wildman–Crippen LogP) is 3.33. The van der Waals surface area contributed by atoms with Crippen LogP contribution < -0.4 is 10.6 Å². The van der Waals surface area contributed by atoms with Gasteiger partial charge in [0.05, 0.1) is 12.2 Å². The van der Waals surface area contributed by atoms with Crippen molar-refractivity contribution in [3.05, 3.63) is 51.3 Å². The van der Waals surface area contributed by atoms with E-state index in [1.165, 1.54) is 11.6 Å². The molecule has 0 radical (unpaired) electrons. The minimum absolute atomic E-state index is 0.0463. The van der Waals surface area contributed by atoms with Crippen LogP contribution in [0.25, 0.3) is 0 Å². The lowest BCUT2D eigenvalue weighted by Crippen LogP contribution is -2.46. The number of carbonyl (C=O) groups is 3. The molecule has 2 N–H and O–H groups in total. The molecule has 0 aliphatic rings. The minimum Gasteiger partial charge on any atom is -0.449 e. The Hall–Kier alpha value is -2.58. The highest BCUT2D eigenvalue weighted by Gasteiger charge is 2.26.